The first kappa shape index (κ1) is 22.5. The van der Waals surface area contributed by atoms with E-state index in [2.05, 4.69) is 10.0 Å². The van der Waals surface area contributed by atoms with Gasteiger partial charge in [0.2, 0.25) is 0 Å². The first-order valence-corrected chi connectivity index (χ1v) is 11.3. The predicted octanol–water partition coefficient (Wildman–Crippen LogP) is 3.96. The van der Waals surface area contributed by atoms with Gasteiger partial charge in [-0.2, -0.15) is 0 Å². The van der Waals surface area contributed by atoms with Crippen molar-refractivity contribution in [3.05, 3.63) is 95.1 Å². The van der Waals surface area contributed by atoms with Crippen LogP contribution >= 0.6 is 0 Å². The Bertz CT molecular complexity index is 1160. The second kappa shape index (κ2) is 9.76. The number of aryl methyl sites for hydroxylation is 2. The van der Waals surface area contributed by atoms with Crippen molar-refractivity contribution < 1.29 is 17.9 Å². The molecule has 0 bridgehead atoms. The summed E-state index contributed by atoms with van der Waals surface area (Å²) in [6, 6.07) is 21.5. The maximum Gasteiger partial charge on any atom is 0.319 e. The molecular weight excluding hydrogens is 412 g/mol. The highest BCUT2D eigenvalue weighted by Crippen LogP contribution is 2.31. The van der Waals surface area contributed by atoms with Gasteiger partial charge >= 0.3 is 5.97 Å². The van der Waals surface area contributed by atoms with E-state index in [9.17, 15) is 13.2 Å². The number of carbonyl (C=O) groups excluding carboxylic acids is 1. The second-order valence-corrected chi connectivity index (χ2v) is 8.91. The summed E-state index contributed by atoms with van der Waals surface area (Å²) in [5.74, 6) is -0.407. The molecule has 31 heavy (non-hydrogen) atoms. The van der Waals surface area contributed by atoms with E-state index < -0.39 is 22.0 Å². The molecule has 0 spiro atoms. The maximum atomic E-state index is 13.1. The fourth-order valence-electron chi connectivity index (χ4n) is 3.38. The number of carbonyl (C=O) groups is 1. The number of esters is 1. The Balaban J connectivity index is 2.05. The molecule has 0 radical (unpaired) electrons. The lowest BCUT2D eigenvalue weighted by molar-refractivity contribution is -0.139. The van der Waals surface area contributed by atoms with Crippen molar-refractivity contribution in [2.24, 2.45) is 0 Å². The number of methoxy groups -OCH3 is 1. The average molecular weight is 439 g/mol. The van der Waals surface area contributed by atoms with Crippen molar-refractivity contribution in [1.29, 1.82) is 0 Å². The van der Waals surface area contributed by atoms with Gasteiger partial charge in [0.05, 0.1) is 30.3 Å². The van der Waals surface area contributed by atoms with Crippen molar-refractivity contribution in [3.8, 4) is 0 Å². The Kier molecular flexibility index (Phi) is 7.09. The molecule has 0 aliphatic rings. The van der Waals surface area contributed by atoms with E-state index in [-0.39, 0.29) is 11.4 Å². The van der Waals surface area contributed by atoms with Crippen LogP contribution in [0, 0.1) is 13.8 Å². The van der Waals surface area contributed by atoms with Gasteiger partial charge in [0.15, 0.2) is 0 Å². The number of anilines is 1. The van der Waals surface area contributed by atoms with Crippen LogP contribution < -0.4 is 10.0 Å². The average Bonchev–Trinajstić information content (AvgIpc) is 2.76. The summed E-state index contributed by atoms with van der Waals surface area (Å²) in [6.07, 6.45) is 0. The summed E-state index contributed by atoms with van der Waals surface area (Å²) in [4.78, 5) is 12.0. The molecule has 0 unspecified atom stereocenters. The van der Waals surface area contributed by atoms with Gasteiger partial charge in [-0.1, -0.05) is 66.2 Å². The van der Waals surface area contributed by atoms with Crippen LogP contribution in [-0.2, 0) is 19.6 Å². The molecule has 3 aromatic carbocycles. The molecule has 0 saturated carbocycles. The monoisotopic (exact) mass is 438 g/mol. The van der Waals surface area contributed by atoms with Gasteiger partial charge in [-0.05, 0) is 42.7 Å². The van der Waals surface area contributed by atoms with E-state index in [0.29, 0.717) is 16.8 Å². The predicted molar refractivity (Wildman–Crippen MR) is 121 cm³/mol. The largest absolute Gasteiger partial charge is 0.468 e. The first-order chi connectivity index (χ1) is 14.8. The van der Waals surface area contributed by atoms with Crippen LogP contribution in [0.3, 0.4) is 0 Å². The zero-order valence-corrected chi connectivity index (χ0v) is 18.6. The Morgan fingerprint density at radius 1 is 0.968 bits per heavy atom. The minimum atomic E-state index is -3.80. The van der Waals surface area contributed by atoms with Gasteiger partial charge < -0.3 is 4.74 Å². The Labute approximate surface area is 183 Å². The van der Waals surface area contributed by atoms with Crippen LogP contribution in [-0.4, -0.2) is 28.0 Å². The molecule has 7 heteroatoms. The van der Waals surface area contributed by atoms with E-state index >= 15 is 0 Å². The van der Waals surface area contributed by atoms with Gasteiger partial charge in [0.25, 0.3) is 10.0 Å². The summed E-state index contributed by atoms with van der Waals surface area (Å²) in [5.41, 5.74) is 3.68. The summed E-state index contributed by atoms with van der Waals surface area (Å²) in [6.45, 7) is 3.68. The molecular formula is C24H26N2O4S. The zero-order chi connectivity index (χ0) is 22.4. The Morgan fingerprint density at radius 2 is 1.65 bits per heavy atom. The molecule has 1 atom stereocenters. The number of nitrogens with one attached hydrogen (secondary N) is 2. The molecule has 2 N–H and O–H groups in total. The Morgan fingerprint density at radius 3 is 2.32 bits per heavy atom. The minimum absolute atomic E-state index is 0.0199. The molecule has 0 saturated heterocycles. The zero-order valence-electron chi connectivity index (χ0n) is 17.8. The molecule has 0 aliphatic heterocycles. The van der Waals surface area contributed by atoms with Gasteiger partial charge in [0, 0.05) is 0 Å². The normalized spacial score (nSPS) is 12.2. The van der Waals surface area contributed by atoms with Crippen LogP contribution in [0.4, 0.5) is 5.69 Å². The molecule has 0 heterocycles. The smallest absolute Gasteiger partial charge is 0.319 e. The third kappa shape index (κ3) is 5.51. The van der Waals surface area contributed by atoms with Crippen LogP contribution in [0.1, 0.15) is 28.3 Å². The third-order valence-electron chi connectivity index (χ3n) is 4.96. The van der Waals surface area contributed by atoms with E-state index in [1.165, 1.54) is 7.11 Å². The topological polar surface area (TPSA) is 84.5 Å². The van der Waals surface area contributed by atoms with Crippen molar-refractivity contribution in [2.75, 3.05) is 18.4 Å². The van der Waals surface area contributed by atoms with Crippen molar-refractivity contribution >= 4 is 21.7 Å². The summed E-state index contributed by atoms with van der Waals surface area (Å²) in [5, 5.41) is 3.20. The van der Waals surface area contributed by atoms with E-state index in [1.54, 1.807) is 37.3 Å². The molecule has 3 aromatic rings. The maximum absolute atomic E-state index is 13.1. The summed E-state index contributed by atoms with van der Waals surface area (Å²) in [7, 11) is -2.47. The van der Waals surface area contributed by atoms with Crippen LogP contribution in [0.2, 0.25) is 0 Å². The van der Waals surface area contributed by atoms with E-state index in [4.69, 9.17) is 4.74 Å². The number of hydrogen-bond donors (Lipinski definition) is 2. The molecule has 0 fully saturated rings. The molecule has 0 amide bonds. The quantitative estimate of drug-likeness (QED) is 0.520. The van der Waals surface area contributed by atoms with Crippen LogP contribution in [0.5, 0.6) is 0 Å². The standard InChI is InChI=1S/C24H26N2O4S/c1-17-13-14-21(26-31(28,29)22-12-8-7-9-18(22)2)20(15-17)24(25-16-23(27)30-3)19-10-5-4-6-11-19/h4-15,24-26H,16H2,1-3H3/t24-/m0/s1. The van der Waals surface area contributed by atoms with Crippen LogP contribution in [0.15, 0.2) is 77.7 Å². The van der Waals surface area contributed by atoms with Crippen molar-refractivity contribution in [1.82, 2.24) is 5.32 Å². The fraction of sp³-hybridized carbons (Fsp3) is 0.208. The summed E-state index contributed by atoms with van der Waals surface area (Å²) >= 11 is 0. The highest BCUT2D eigenvalue weighted by atomic mass is 32.2. The number of sulfonamides is 1. The summed E-state index contributed by atoms with van der Waals surface area (Å²) < 4.78 is 33.8. The van der Waals surface area contributed by atoms with Crippen molar-refractivity contribution in [2.45, 2.75) is 24.8 Å². The third-order valence-corrected chi connectivity index (χ3v) is 6.48. The fourth-order valence-corrected chi connectivity index (χ4v) is 4.72. The van der Waals surface area contributed by atoms with Gasteiger partial charge in [0.1, 0.15) is 0 Å². The highest BCUT2D eigenvalue weighted by Gasteiger charge is 2.23. The lowest BCUT2D eigenvalue weighted by Gasteiger charge is -2.23. The lowest BCUT2D eigenvalue weighted by atomic mass is 9.96. The Hall–Kier alpha value is -3.16. The van der Waals surface area contributed by atoms with Crippen molar-refractivity contribution in [3.63, 3.8) is 0 Å². The number of rotatable bonds is 8. The van der Waals surface area contributed by atoms with Gasteiger partial charge in [-0.15, -0.1) is 0 Å². The lowest BCUT2D eigenvalue weighted by Crippen LogP contribution is -2.30. The number of ether oxygens (including phenoxy) is 1. The molecule has 0 aliphatic carbocycles. The van der Waals surface area contributed by atoms with Crippen LogP contribution in [0.25, 0.3) is 0 Å². The van der Waals surface area contributed by atoms with E-state index in [0.717, 1.165) is 11.1 Å². The molecule has 6 nitrogen and oxygen atoms in total. The number of benzene rings is 3. The highest BCUT2D eigenvalue weighted by molar-refractivity contribution is 7.92. The first-order valence-electron chi connectivity index (χ1n) is 9.86. The van der Waals surface area contributed by atoms with Gasteiger partial charge in [-0.25, -0.2) is 8.42 Å². The molecule has 0 aromatic heterocycles. The van der Waals surface area contributed by atoms with Gasteiger partial charge in [-0.3, -0.25) is 14.8 Å². The molecule has 3 rings (SSSR count). The minimum Gasteiger partial charge on any atom is -0.468 e. The second-order valence-electron chi connectivity index (χ2n) is 7.26. The van der Waals surface area contributed by atoms with E-state index in [1.807, 2.05) is 49.4 Å². The SMILES string of the molecule is COC(=O)CN[C@@H](c1ccccc1)c1cc(C)ccc1NS(=O)(=O)c1ccccc1C. The number of hydrogen-bond acceptors (Lipinski definition) is 5. The molecule has 162 valence electrons.